The van der Waals surface area contributed by atoms with Gasteiger partial charge in [0.25, 0.3) is 5.91 Å². The first kappa shape index (κ1) is 26.3. The lowest BCUT2D eigenvalue weighted by molar-refractivity contribution is -0.138. The zero-order chi connectivity index (χ0) is 26.1. The Balaban J connectivity index is 1.64. The zero-order valence-electron chi connectivity index (χ0n) is 19.0. The fourth-order valence-corrected chi connectivity index (χ4v) is 3.41. The average molecular weight is 520 g/mol. The number of nitriles is 1. The third kappa shape index (κ3) is 6.86. The van der Waals surface area contributed by atoms with Crippen LogP contribution in [0.2, 0.25) is 0 Å². The molecule has 13 heteroatoms. The second-order valence-corrected chi connectivity index (χ2v) is 7.77. The number of para-hydroxylation sites is 2. The number of ether oxygens (including phenoxy) is 4. The molecule has 0 aliphatic rings. The highest BCUT2D eigenvalue weighted by atomic mass is 32.1. The maximum atomic E-state index is 12.7. The molecule has 0 saturated carbocycles. The van der Waals surface area contributed by atoms with Gasteiger partial charge >= 0.3 is 6.18 Å². The second-order valence-electron chi connectivity index (χ2n) is 6.79. The van der Waals surface area contributed by atoms with E-state index in [1.54, 1.807) is 37.4 Å². The van der Waals surface area contributed by atoms with Crippen LogP contribution in [0.4, 0.5) is 18.3 Å². The van der Waals surface area contributed by atoms with E-state index < -0.39 is 17.1 Å². The topological polar surface area (TPSA) is 116 Å². The normalized spacial score (nSPS) is 11.4. The van der Waals surface area contributed by atoms with Crippen LogP contribution in [-0.4, -0.2) is 43.5 Å². The predicted molar refractivity (Wildman–Crippen MR) is 124 cm³/mol. The summed E-state index contributed by atoms with van der Waals surface area (Å²) in [5.74, 6) is 0.958. The summed E-state index contributed by atoms with van der Waals surface area (Å²) < 4.78 is 59.9. The number of halogens is 3. The summed E-state index contributed by atoms with van der Waals surface area (Å²) in [5, 5.41) is 16.2. The Hall–Kier alpha value is -4.31. The lowest BCUT2D eigenvalue weighted by Crippen LogP contribution is -2.13. The van der Waals surface area contributed by atoms with Gasteiger partial charge in [-0.25, -0.2) is 0 Å². The number of nitrogens with zero attached hydrogens (tertiary/aromatic N) is 3. The van der Waals surface area contributed by atoms with Crippen LogP contribution < -0.4 is 24.3 Å². The zero-order valence-corrected chi connectivity index (χ0v) is 19.8. The van der Waals surface area contributed by atoms with Crippen LogP contribution in [0, 0.1) is 11.3 Å². The number of rotatable bonds is 10. The number of aromatic nitrogens is 2. The van der Waals surface area contributed by atoms with Gasteiger partial charge in [0.05, 0.1) is 14.2 Å². The molecule has 0 radical (unpaired) electrons. The van der Waals surface area contributed by atoms with Crippen LogP contribution >= 0.6 is 11.3 Å². The summed E-state index contributed by atoms with van der Waals surface area (Å²) in [6, 6.07) is 13.6. The van der Waals surface area contributed by atoms with E-state index in [1.165, 1.54) is 19.3 Å². The Morgan fingerprint density at radius 2 is 1.67 bits per heavy atom. The summed E-state index contributed by atoms with van der Waals surface area (Å²) in [4.78, 5) is 12.3. The second kappa shape index (κ2) is 11.9. The third-order valence-corrected chi connectivity index (χ3v) is 5.30. The summed E-state index contributed by atoms with van der Waals surface area (Å²) in [6.07, 6.45) is -3.44. The van der Waals surface area contributed by atoms with E-state index in [9.17, 15) is 23.2 Å². The smallest absolute Gasteiger partial charge is 0.445 e. The SMILES string of the molecule is COc1ccccc1OCCOc1ccc(/C=C(/C#N)C(=O)Nc2nnc(C(F)(F)F)s2)cc1OC. The van der Waals surface area contributed by atoms with E-state index in [4.69, 9.17) is 18.9 Å². The molecule has 2 aromatic carbocycles. The fraction of sp³-hybridized carbons (Fsp3) is 0.217. The maximum absolute atomic E-state index is 12.7. The Labute approximate surface area is 207 Å². The molecule has 0 bridgehead atoms. The minimum Gasteiger partial charge on any atom is -0.493 e. The standard InChI is InChI=1S/C23H19F3N4O5S/c1-32-16-5-3-4-6-17(16)34-9-10-35-18-8-7-14(12-19(18)33-2)11-15(13-27)20(31)28-22-30-29-21(36-22)23(24,25)26/h3-8,11-12H,9-10H2,1-2H3,(H,28,30,31)/b15-11-. The maximum Gasteiger partial charge on any atom is 0.445 e. The van der Waals surface area contributed by atoms with E-state index in [0.29, 0.717) is 28.6 Å². The van der Waals surface area contributed by atoms with Crippen LogP contribution in [0.3, 0.4) is 0 Å². The molecule has 0 spiro atoms. The molecule has 0 saturated heterocycles. The van der Waals surface area contributed by atoms with Gasteiger partial charge in [-0.15, -0.1) is 10.2 Å². The Morgan fingerprint density at radius 1 is 1.03 bits per heavy atom. The van der Waals surface area contributed by atoms with Gasteiger partial charge in [0.15, 0.2) is 23.0 Å². The van der Waals surface area contributed by atoms with E-state index in [1.807, 2.05) is 12.1 Å². The van der Waals surface area contributed by atoms with Gasteiger partial charge < -0.3 is 18.9 Å². The summed E-state index contributed by atoms with van der Waals surface area (Å²) in [6.45, 7) is 0.419. The number of carbonyl (C=O) groups excluding carboxylic acids is 1. The Morgan fingerprint density at radius 3 is 2.25 bits per heavy atom. The molecule has 0 fully saturated rings. The number of alkyl halides is 3. The van der Waals surface area contributed by atoms with E-state index >= 15 is 0 Å². The minimum atomic E-state index is -4.69. The molecular weight excluding hydrogens is 501 g/mol. The van der Waals surface area contributed by atoms with Crippen molar-refractivity contribution in [2.75, 3.05) is 32.8 Å². The molecule has 1 heterocycles. The van der Waals surface area contributed by atoms with Crippen LogP contribution in [0.5, 0.6) is 23.0 Å². The summed E-state index contributed by atoms with van der Waals surface area (Å²) in [5.41, 5.74) is 0.0594. The molecule has 0 aliphatic heterocycles. The molecular formula is C23H19F3N4O5S. The number of hydrogen-bond donors (Lipinski definition) is 1. The van der Waals surface area contributed by atoms with E-state index in [0.717, 1.165) is 0 Å². The van der Waals surface area contributed by atoms with Gasteiger partial charge in [-0.05, 0) is 35.9 Å². The number of nitrogens with one attached hydrogen (secondary N) is 1. The van der Waals surface area contributed by atoms with Crippen molar-refractivity contribution in [1.29, 1.82) is 5.26 Å². The first-order valence-electron chi connectivity index (χ1n) is 10.2. The van der Waals surface area contributed by atoms with Crippen molar-refractivity contribution in [3.63, 3.8) is 0 Å². The highest BCUT2D eigenvalue weighted by Crippen LogP contribution is 2.33. The van der Waals surface area contributed by atoms with Gasteiger partial charge in [0, 0.05) is 0 Å². The minimum absolute atomic E-state index is 0.151. The number of amides is 1. The van der Waals surface area contributed by atoms with Crippen molar-refractivity contribution in [2.45, 2.75) is 6.18 Å². The van der Waals surface area contributed by atoms with Gasteiger partial charge in [0.1, 0.15) is 24.9 Å². The van der Waals surface area contributed by atoms with Crippen molar-refractivity contribution in [2.24, 2.45) is 0 Å². The fourth-order valence-electron chi connectivity index (χ4n) is 2.80. The van der Waals surface area contributed by atoms with Gasteiger partial charge in [-0.2, -0.15) is 18.4 Å². The molecule has 3 rings (SSSR count). The monoisotopic (exact) mass is 520 g/mol. The van der Waals surface area contributed by atoms with E-state index in [2.05, 4.69) is 15.5 Å². The highest BCUT2D eigenvalue weighted by Gasteiger charge is 2.35. The van der Waals surface area contributed by atoms with Crippen molar-refractivity contribution < 1.29 is 36.9 Å². The quantitative estimate of drug-likeness (QED) is 0.235. The molecule has 1 N–H and O–H groups in total. The Kier molecular flexibility index (Phi) is 8.69. The lowest BCUT2D eigenvalue weighted by Gasteiger charge is -2.13. The van der Waals surface area contributed by atoms with Crippen molar-refractivity contribution in [3.05, 3.63) is 58.6 Å². The Bertz CT molecular complexity index is 1290. The van der Waals surface area contributed by atoms with Crippen molar-refractivity contribution in [3.8, 4) is 29.1 Å². The molecule has 36 heavy (non-hydrogen) atoms. The molecule has 0 aliphatic carbocycles. The first-order chi connectivity index (χ1) is 17.2. The largest absolute Gasteiger partial charge is 0.493 e. The lowest BCUT2D eigenvalue weighted by atomic mass is 10.1. The first-order valence-corrected chi connectivity index (χ1v) is 11.0. The molecule has 3 aromatic rings. The summed E-state index contributed by atoms with van der Waals surface area (Å²) >= 11 is 0.151. The number of benzene rings is 2. The third-order valence-electron chi connectivity index (χ3n) is 4.42. The molecule has 188 valence electrons. The number of methoxy groups -OCH3 is 2. The molecule has 0 unspecified atom stereocenters. The van der Waals surface area contributed by atoms with Crippen LogP contribution in [0.25, 0.3) is 6.08 Å². The van der Waals surface area contributed by atoms with Gasteiger partial charge in [-0.1, -0.05) is 29.5 Å². The summed E-state index contributed by atoms with van der Waals surface area (Å²) in [7, 11) is 2.97. The predicted octanol–water partition coefficient (Wildman–Crippen LogP) is 4.58. The van der Waals surface area contributed by atoms with Crippen molar-refractivity contribution >= 4 is 28.5 Å². The van der Waals surface area contributed by atoms with E-state index in [-0.39, 0.29) is 35.3 Å². The van der Waals surface area contributed by atoms with Gasteiger partial charge in [-0.3, -0.25) is 10.1 Å². The molecule has 1 amide bonds. The highest BCUT2D eigenvalue weighted by molar-refractivity contribution is 7.15. The number of anilines is 1. The molecule has 1 aromatic heterocycles. The molecule has 9 nitrogen and oxygen atoms in total. The number of carbonyl (C=O) groups is 1. The van der Waals surface area contributed by atoms with Crippen LogP contribution in [-0.2, 0) is 11.0 Å². The molecule has 0 atom stereocenters. The average Bonchev–Trinajstić information content (AvgIpc) is 3.34. The van der Waals surface area contributed by atoms with Crippen LogP contribution in [0.15, 0.2) is 48.0 Å². The van der Waals surface area contributed by atoms with Crippen LogP contribution in [0.1, 0.15) is 10.6 Å². The van der Waals surface area contributed by atoms with Gasteiger partial charge in [0.2, 0.25) is 10.1 Å². The van der Waals surface area contributed by atoms with Crippen molar-refractivity contribution in [1.82, 2.24) is 10.2 Å². The number of hydrogen-bond acceptors (Lipinski definition) is 9.